The fourth-order valence-electron chi connectivity index (χ4n) is 2.13. The topological polar surface area (TPSA) is 113 Å². The number of rotatable bonds is 7. The van der Waals surface area contributed by atoms with E-state index in [2.05, 4.69) is 35.9 Å². The molecule has 1 aromatic carbocycles. The van der Waals surface area contributed by atoms with Gasteiger partial charge in [0.15, 0.2) is 12.4 Å². The summed E-state index contributed by atoms with van der Waals surface area (Å²) in [6.07, 6.45) is 0. The molecule has 2 rings (SSSR count). The van der Waals surface area contributed by atoms with Crippen molar-refractivity contribution in [2.75, 3.05) is 19.7 Å². The summed E-state index contributed by atoms with van der Waals surface area (Å²) in [5, 5.41) is 16.7. The maximum absolute atomic E-state index is 12.0. The molecule has 140 valence electrons. The van der Waals surface area contributed by atoms with Gasteiger partial charge in [-0.25, -0.2) is 9.62 Å². The number of carbonyl (C=O) groups excluding carboxylic acids is 1. The molecular formula is C16H20BrN5O4. The minimum Gasteiger partial charge on any atom is -0.464 e. The van der Waals surface area contributed by atoms with Crippen molar-refractivity contribution in [2.45, 2.75) is 20.8 Å². The average Bonchev–Trinajstić information content (AvgIpc) is 3.10. The molecule has 0 atom stereocenters. The Morgan fingerprint density at radius 1 is 1.38 bits per heavy atom. The molecule has 2 N–H and O–H groups in total. The van der Waals surface area contributed by atoms with Crippen molar-refractivity contribution in [2.24, 2.45) is 4.99 Å². The number of aliphatic imine (C=N–C) groups is 1. The van der Waals surface area contributed by atoms with Gasteiger partial charge in [-0.2, -0.15) is 0 Å². The number of benzene rings is 1. The van der Waals surface area contributed by atoms with E-state index in [0.29, 0.717) is 18.8 Å². The van der Waals surface area contributed by atoms with Crippen molar-refractivity contribution in [3.8, 4) is 5.88 Å². The van der Waals surface area contributed by atoms with Gasteiger partial charge >= 0.3 is 0 Å². The van der Waals surface area contributed by atoms with Crippen LogP contribution in [0.3, 0.4) is 0 Å². The number of amidine groups is 1. The summed E-state index contributed by atoms with van der Waals surface area (Å²) in [6.45, 7) is 6.64. The van der Waals surface area contributed by atoms with Crippen LogP contribution in [0.5, 0.6) is 5.88 Å². The van der Waals surface area contributed by atoms with Crippen LogP contribution in [0.15, 0.2) is 32.3 Å². The number of hydrogen-bond donors (Lipinski definition) is 2. The summed E-state index contributed by atoms with van der Waals surface area (Å²) in [5.41, 5.74) is 3.62. The summed E-state index contributed by atoms with van der Waals surface area (Å²) in [7, 11) is 0. The van der Waals surface area contributed by atoms with Gasteiger partial charge in [0, 0.05) is 17.6 Å². The van der Waals surface area contributed by atoms with Crippen LogP contribution in [-0.2, 0) is 4.79 Å². The number of likely N-dealkylation sites (N-methyl/N-ethyl adjacent to an activating group) is 1. The quantitative estimate of drug-likeness (QED) is 0.397. The Morgan fingerprint density at radius 2 is 2.12 bits per heavy atom. The van der Waals surface area contributed by atoms with E-state index in [1.807, 2.05) is 32.3 Å². The number of amides is 1. The van der Waals surface area contributed by atoms with Crippen LogP contribution in [0.4, 0.5) is 5.69 Å². The summed E-state index contributed by atoms with van der Waals surface area (Å²) in [4.78, 5) is 17.9. The third-order valence-electron chi connectivity index (χ3n) is 3.63. The van der Waals surface area contributed by atoms with E-state index in [9.17, 15) is 10.0 Å². The Kier molecular flexibility index (Phi) is 7.10. The molecule has 10 heteroatoms. The molecule has 0 aliphatic heterocycles. The second-order valence-electron chi connectivity index (χ2n) is 5.28. The molecule has 1 amide bonds. The number of nitrogens with zero attached hydrogens (tertiary/aromatic N) is 4. The van der Waals surface area contributed by atoms with Crippen LogP contribution in [0.1, 0.15) is 25.1 Å². The summed E-state index contributed by atoms with van der Waals surface area (Å²) in [5.74, 6) is -0.258. The first-order valence-electron chi connectivity index (χ1n) is 7.98. The molecule has 1 aromatic heterocycles. The van der Waals surface area contributed by atoms with Crippen LogP contribution in [0.25, 0.3) is 0 Å². The number of hydrogen-bond acceptors (Lipinski definition) is 7. The molecule has 26 heavy (non-hydrogen) atoms. The van der Waals surface area contributed by atoms with Crippen molar-refractivity contribution in [1.29, 1.82) is 0 Å². The fourth-order valence-corrected chi connectivity index (χ4v) is 2.50. The lowest BCUT2D eigenvalue weighted by molar-refractivity contribution is -0.133. The Morgan fingerprint density at radius 3 is 2.73 bits per heavy atom. The highest BCUT2D eigenvalue weighted by Gasteiger charge is 2.20. The molecule has 0 aliphatic carbocycles. The molecule has 1 heterocycles. The van der Waals surface area contributed by atoms with Crippen LogP contribution in [0.2, 0.25) is 0 Å². The molecular weight excluding hydrogens is 406 g/mol. The summed E-state index contributed by atoms with van der Waals surface area (Å²) < 4.78 is 10.9. The van der Waals surface area contributed by atoms with E-state index in [1.54, 1.807) is 17.0 Å². The highest BCUT2D eigenvalue weighted by Crippen LogP contribution is 2.24. The van der Waals surface area contributed by atoms with E-state index in [1.165, 1.54) is 0 Å². The maximum Gasteiger partial charge on any atom is 0.287 e. The predicted octanol–water partition coefficient (Wildman–Crippen LogP) is 2.44. The second-order valence-corrected chi connectivity index (χ2v) is 6.13. The Hall–Kier alpha value is -2.46. The number of hydroxylamine groups is 1. The van der Waals surface area contributed by atoms with Gasteiger partial charge in [0.25, 0.3) is 11.8 Å². The summed E-state index contributed by atoms with van der Waals surface area (Å²) >= 11 is 3.42. The number of carbonyl (C=O) groups is 1. The number of aryl methyl sites for hydroxylation is 1. The molecule has 0 fully saturated rings. The lowest BCUT2D eigenvalue weighted by Crippen LogP contribution is -2.34. The SMILES string of the molecule is CCN(CC)C(=O)COc1nonc1C(=Nc1ccc(C)c(Br)c1)NO. The molecule has 0 unspecified atom stereocenters. The monoisotopic (exact) mass is 425 g/mol. The van der Waals surface area contributed by atoms with Gasteiger partial charge in [-0.3, -0.25) is 15.5 Å². The third-order valence-corrected chi connectivity index (χ3v) is 4.49. The third kappa shape index (κ3) is 4.79. The zero-order valence-electron chi connectivity index (χ0n) is 14.7. The fraction of sp³-hybridized carbons (Fsp3) is 0.375. The normalized spacial score (nSPS) is 11.3. The van der Waals surface area contributed by atoms with Gasteiger partial charge in [0.2, 0.25) is 5.69 Å². The van der Waals surface area contributed by atoms with E-state index in [0.717, 1.165) is 10.0 Å². The van der Waals surface area contributed by atoms with Gasteiger partial charge in [-0.1, -0.05) is 22.0 Å². The Balaban J connectivity index is 2.19. The number of nitrogens with one attached hydrogen (secondary N) is 1. The van der Waals surface area contributed by atoms with Crippen molar-refractivity contribution in [3.05, 3.63) is 33.9 Å². The van der Waals surface area contributed by atoms with E-state index in [-0.39, 0.29) is 29.9 Å². The Bertz CT molecular complexity index is 789. The first-order chi connectivity index (χ1) is 12.5. The molecule has 0 saturated heterocycles. The van der Waals surface area contributed by atoms with Crippen LogP contribution in [0, 0.1) is 6.92 Å². The first kappa shape index (κ1) is 19.9. The van der Waals surface area contributed by atoms with Gasteiger partial charge in [0.1, 0.15) is 0 Å². The number of halogens is 1. The second kappa shape index (κ2) is 9.30. The van der Waals surface area contributed by atoms with Gasteiger partial charge in [-0.15, -0.1) is 0 Å². The summed E-state index contributed by atoms with van der Waals surface area (Å²) in [6, 6.07) is 5.43. The zero-order valence-corrected chi connectivity index (χ0v) is 16.3. The van der Waals surface area contributed by atoms with Crippen LogP contribution < -0.4 is 10.2 Å². The van der Waals surface area contributed by atoms with Gasteiger partial charge in [0.05, 0.1) is 5.69 Å². The molecule has 0 aliphatic rings. The molecule has 0 bridgehead atoms. The van der Waals surface area contributed by atoms with Gasteiger partial charge < -0.3 is 9.64 Å². The first-order valence-corrected chi connectivity index (χ1v) is 8.77. The molecule has 2 aromatic rings. The largest absolute Gasteiger partial charge is 0.464 e. The number of aromatic nitrogens is 2. The van der Waals surface area contributed by atoms with Crippen LogP contribution >= 0.6 is 15.9 Å². The minimum absolute atomic E-state index is 0.0210. The highest BCUT2D eigenvalue weighted by atomic mass is 79.9. The molecule has 9 nitrogen and oxygen atoms in total. The lowest BCUT2D eigenvalue weighted by Gasteiger charge is -2.18. The lowest BCUT2D eigenvalue weighted by atomic mass is 10.2. The van der Waals surface area contributed by atoms with E-state index >= 15 is 0 Å². The maximum atomic E-state index is 12.0. The zero-order chi connectivity index (χ0) is 19.1. The molecule has 0 saturated carbocycles. The highest BCUT2D eigenvalue weighted by molar-refractivity contribution is 9.10. The Labute approximate surface area is 159 Å². The van der Waals surface area contributed by atoms with Crippen LogP contribution in [-0.4, -0.2) is 51.9 Å². The average molecular weight is 426 g/mol. The van der Waals surface area contributed by atoms with Crippen molar-refractivity contribution >= 4 is 33.4 Å². The molecule has 0 radical (unpaired) electrons. The smallest absolute Gasteiger partial charge is 0.287 e. The van der Waals surface area contributed by atoms with E-state index in [4.69, 9.17) is 4.74 Å². The van der Waals surface area contributed by atoms with Crippen molar-refractivity contribution in [3.63, 3.8) is 0 Å². The predicted molar refractivity (Wildman–Crippen MR) is 97.7 cm³/mol. The van der Waals surface area contributed by atoms with E-state index < -0.39 is 0 Å². The number of ether oxygens (including phenoxy) is 1. The standard InChI is InChI=1S/C16H20BrN5O4/c1-4-22(5-2)13(23)9-25-16-14(20-26-21-16)15(19-24)18-11-7-6-10(3)12(17)8-11/h6-8,24H,4-5,9H2,1-3H3,(H,18,19). The molecule has 0 spiro atoms. The minimum atomic E-state index is -0.225. The van der Waals surface area contributed by atoms with Gasteiger partial charge in [-0.05, 0) is 48.8 Å². The van der Waals surface area contributed by atoms with Crippen molar-refractivity contribution in [1.82, 2.24) is 20.7 Å². The van der Waals surface area contributed by atoms with Crippen molar-refractivity contribution < 1.29 is 19.4 Å².